The van der Waals surface area contributed by atoms with Crippen molar-refractivity contribution in [1.82, 2.24) is 10.1 Å². The summed E-state index contributed by atoms with van der Waals surface area (Å²) in [5, 5.41) is 6.56. The molecule has 2 rings (SSSR count). The summed E-state index contributed by atoms with van der Waals surface area (Å²) in [7, 11) is -3.69. The van der Waals surface area contributed by atoms with Gasteiger partial charge in [-0.1, -0.05) is 5.16 Å². The van der Waals surface area contributed by atoms with Gasteiger partial charge in [0.05, 0.1) is 0 Å². The van der Waals surface area contributed by atoms with Crippen molar-refractivity contribution in [1.29, 1.82) is 0 Å². The molecule has 0 aliphatic heterocycles. The number of anilines is 2. The van der Waals surface area contributed by atoms with E-state index in [2.05, 4.69) is 20.2 Å². The Balaban J connectivity index is 2.19. The molecule has 0 amide bonds. The molecular weight excluding hydrogens is 268 g/mol. The molecule has 8 heteroatoms. The normalized spacial score (nSPS) is 11.3. The van der Waals surface area contributed by atoms with Crippen molar-refractivity contribution in [2.75, 3.05) is 16.6 Å². The van der Waals surface area contributed by atoms with Gasteiger partial charge in [-0.15, -0.1) is 0 Å². The summed E-state index contributed by atoms with van der Waals surface area (Å²) in [4.78, 5) is 4.07. The first-order chi connectivity index (χ1) is 9.01. The largest absolute Gasteiger partial charge is 0.370 e. The quantitative estimate of drug-likeness (QED) is 0.864. The average molecular weight is 282 g/mol. The number of aromatic nitrogens is 2. The molecular formula is C11H14N4O3S. The maximum Gasteiger partial charge on any atom is 0.264 e. The Bertz CT molecular complexity index is 649. The molecule has 2 aromatic heterocycles. The van der Waals surface area contributed by atoms with Crippen molar-refractivity contribution < 1.29 is 12.9 Å². The molecule has 0 saturated heterocycles. The summed E-state index contributed by atoms with van der Waals surface area (Å²) >= 11 is 0. The molecule has 0 aromatic carbocycles. The van der Waals surface area contributed by atoms with Crippen molar-refractivity contribution >= 4 is 21.7 Å². The Hall–Kier alpha value is -2.09. The number of pyridine rings is 1. The lowest BCUT2D eigenvalue weighted by Gasteiger charge is -2.06. The van der Waals surface area contributed by atoms with E-state index in [1.54, 1.807) is 13.0 Å². The van der Waals surface area contributed by atoms with E-state index in [1.165, 1.54) is 18.3 Å². The third-order valence-corrected chi connectivity index (χ3v) is 3.61. The van der Waals surface area contributed by atoms with Gasteiger partial charge in [-0.05, 0) is 26.0 Å². The first-order valence-corrected chi connectivity index (χ1v) is 7.15. The van der Waals surface area contributed by atoms with Gasteiger partial charge in [0, 0.05) is 18.8 Å². The number of nitrogens with zero attached hydrogens (tertiary/aromatic N) is 2. The highest BCUT2D eigenvalue weighted by Crippen LogP contribution is 2.16. The zero-order valence-corrected chi connectivity index (χ0v) is 11.4. The first-order valence-electron chi connectivity index (χ1n) is 5.67. The fourth-order valence-corrected chi connectivity index (χ4v) is 2.36. The van der Waals surface area contributed by atoms with E-state index in [0.717, 1.165) is 6.54 Å². The van der Waals surface area contributed by atoms with Gasteiger partial charge in [0.2, 0.25) is 0 Å². The van der Waals surface area contributed by atoms with E-state index in [9.17, 15) is 8.42 Å². The highest BCUT2D eigenvalue weighted by atomic mass is 32.2. The fraction of sp³-hybridized carbons (Fsp3) is 0.273. The molecule has 0 aliphatic carbocycles. The van der Waals surface area contributed by atoms with Crippen LogP contribution in [-0.2, 0) is 10.0 Å². The summed E-state index contributed by atoms with van der Waals surface area (Å²) in [5.41, 5.74) is 0. The molecule has 0 spiro atoms. The predicted molar refractivity (Wildman–Crippen MR) is 70.4 cm³/mol. The Morgan fingerprint density at radius 2 is 2.11 bits per heavy atom. The van der Waals surface area contributed by atoms with Crippen LogP contribution >= 0.6 is 0 Å². The third-order valence-electron chi connectivity index (χ3n) is 2.27. The monoisotopic (exact) mass is 282 g/mol. The smallest absolute Gasteiger partial charge is 0.264 e. The van der Waals surface area contributed by atoms with Crippen molar-refractivity contribution in [3.63, 3.8) is 0 Å². The Morgan fingerprint density at radius 1 is 1.32 bits per heavy atom. The highest BCUT2D eigenvalue weighted by molar-refractivity contribution is 7.92. The Labute approximate surface area is 111 Å². The summed E-state index contributed by atoms with van der Waals surface area (Å²) in [6, 6.07) is 4.57. The summed E-state index contributed by atoms with van der Waals surface area (Å²) < 4.78 is 31.2. The molecule has 2 heterocycles. The van der Waals surface area contributed by atoms with Crippen LogP contribution in [0.25, 0.3) is 0 Å². The minimum absolute atomic E-state index is 0.0646. The van der Waals surface area contributed by atoms with Gasteiger partial charge in [-0.25, -0.2) is 13.4 Å². The van der Waals surface area contributed by atoms with E-state index in [1.807, 2.05) is 6.92 Å². The van der Waals surface area contributed by atoms with E-state index >= 15 is 0 Å². The van der Waals surface area contributed by atoms with Gasteiger partial charge < -0.3 is 9.84 Å². The van der Waals surface area contributed by atoms with Gasteiger partial charge in [-0.3, -0.25) is 4.72 Å². The zero-order chi connectivity index (χ0) is 13.9. The van der Waals surface area contributed by atoms with E-state index < -0.39 is 10.0 Å². The number of rotatable bonds is 5. The minimum atomic E-state index is -3.69. The fourth-order valence-electron chi connectivity index (χ4n) is 1.44. The van der Waals surface area contributed by atoms with E-state index in [-0.39, 0.29) is 10.7 Å². The molecule has 0 radical (unpaired) electrons. The Morgan fingerprint density at radius 3 is 2.63 bits per heavy atom. The first kappa shape index (κ1) is 13.3. The van der Waals surface area contributed by atoms with Crippen LogP contribution in [0.2, 0.25) is 0 Å². The summed E-state index contributed by atoms with van der Waals surface area (Å²) in [5.74, 6) is 1.30. The SMILES string of the molecule is CCNc1ccc(S(=O)(=O)Nc2cc(C)on2)cn1. The Kier molecular flexibility index (Phi) is 3.70. The van der Waals surface area contributed by atoms with Gasteiger partial charge >= 0.3 is 0 Å². The molecule has 0 unspecified atom stereocenters. The standard InChI is InChI=1S/C11H14N4O3S/c1-3-12-10-5-4-9(7-13-10)19(16,17)15-11-6-8(2)18-14-11/h4-7H,3H2,1-2H3,(H,12,13)(H,14,15). The maximum atomic E-state index is 12.0. The van der Waals surface area contributed by atoms with Crippen molar-refractivity contribution in [2.24, 2.45) is 0 Å². The molecule has 0 bridgehead atoms. The molecule has 0 aliphatic rings. The second-order valence-corrected chi connectivity index (χ2v) is 5.52. The summed E-state index contributed by atoms with van der Waals surface area (Å²) in [6.07, 6.45) is 1.28. The van der Waals surface area contributed by atoms with Crippen molar-refractivity contribution in [3.05, 3.63) is 30.2 Å². The van der Waals surface area contributed by atoms with E-state index in [4.69, 9.17) is 4.52 Å². The topological polar surface area (TPSA) is 97.1 Å². The maximum absolute atomic E-state index is 12.0. The average Bonchev–Trinajstić information content (AvgIpc) is 2.75. The van der Waals surface area contributed by atoms with Crippen LogP contribution in [0.3, 0.4) is 0 Å². The molecule has 0 fully saturated rings. The lowest BCUT2D eigenvalue weighted by atomic mass is 10.4. The van der Waals surface area contributed by atoms with Crippen molar-refractivity contribution in [2.45, 2.75) is 18.7 Å². The van der Waals surface area contributed by atoms with Gasteiger partial charge in [0.15, 0.2) is 5.82 Å². The second kappa shape index (κ2) is 5.27. The molecule has 7 nitrogen and oxygen atoms in total. The van der Waals surface area contributed by atoms with Crippen LogP contribution in [0, 0.1) is 6.92 Å². The number of sulfonamides is 1. The van der Waals surface area contributed by atoms with Crippen LogP contribution in [-0.4, -0.2) is 25.1 Å². The number of nitrogens with one attached hydrogen (secondary N) is 2. The molecule has 0 saturated carbocycles. The van der Waals surface area contributed by atoms with Crippen LogP contribution in [0.5, 0.6) is 0 Å². The van der Waals surface area contributed by atoms with Crippen LogP contribution in [0.1, 0.15) is 12.7 Å². The van der Waals surface area contributed by atoms with Crippen LogP contribution in [0.4, 0.5) is 11.6 Å². The van der Waals surface area contributed by atoms with Crippen molar-refractivity contribution in [3.8, 4) is 0 Å². The number of hydrogen-bond acceptors (Lipinski definition) is 6. The van der Waals surface area contributed by atoms with E-state index in [0.29, 0.717) is 11.6 Å². The molecule has 2 aromatic rings. The molecule has 19 heavy (non-hydrogen) atoms. The second-order valence-electron chi connectivity index (χ2n) is 3.84. The highest BCUT2D eigenvalue weighted by Gasteiger charge is 2.16. The van der Waals surface area contributed by atoms with Crippen LogP contribution in [0.15, 0.2) is 33.8 Å². The third kappa shape index (κ3) is 3.22. The van der Waals surface area contributed by atoms with Gasteiger partial charge in [-0.2, -0.15) is 0 Å². The lowest BCUT2D eigenvalue weighted by molar-refractivity contribution is 0.400. The minimum Gasteiger partial charge on any atom is -0.370 e. The van der Waals surface area contributed by atoms with Gasteiger partial charge in [0.1, 0.15) is 16.5 Å². The zero-order valence-electron chi connectivity index (χ0n) is 10.5. The molecule has 2 N–H and O–H groups in total. The van der Waals surface area contributed by atoms with Crippen LogP contribution < -0.4 is 10.0 Å². The summed E-state index contributed by atoms with van der Waals surface area (Å²) in [6.45, 7) is 4.33. The lowest BCUT2D eigenvalue weighted by Crippen LogP contribution is -2.13. The number of hydrogen-bond donors (Lipinski definition) is 2. The number of aryl methyl sites for hydroxylation is 1. The molecule has 102 valence electrons. The van der Waals surface area contributed by atoms with Gasteiger partial charge in [0.25, 0.3) is 10.0 Å². The molecule has 0 atom stereocenters. The predicted octanol–water partition coefficient (Wildman–Crippen LogP) is 1.61.